The number of halogens is 2. The fraction of sp³-hybridized carbons (Fsp3) is 0. The molecule has 102 valence electrons. The highest BCUT2D eigenvalue weighted by Crippen LogP contribution is 2.36. The maximum Gasteiger partial charge on any atom is 0.209 e. The zero-order chi connectivity index (χ0) is 14.3. The van der Waals surface area contributed by atoms with Crippen molar-refractivity contribution in [1.82, 2.24) is 9.97 Å². The van der Waals surface area contributed by atoms with Gasteiger partial charge in [0, 0.05) is 6.20 Å². The molecule has 0 atom stereocenters. The van der Waals surface area contributed by atoms with Gasteiger partial charge in [0.15, 0.2) is 0 Å². The molecular weight excluding hydrogens is 364 g/mol. The monoisotopic (exact) mass is 370 g/mol. The van der Waals surface area contributed by atoms with Gasteiger partial charge in [-0.1, -0.05) is 29.8 Å². The Morgan fingerprint density at radius 2 is 1.85 bits per heavy atom. The molecule has 1 N–H and O–H groups in total. The Bertz CT molecular complexity index is 891. The van der Waals surface area contributed by atoms with E-state index in [1.54, 1.807) is 42.6 Å². The molecule has 7 heteroatoms. The van der Waals surface area contributed by atoms with Crippen LogP contribution in [0.3, 0.4) is 0 Å². The molecule has 0 radical (unpaired) electrons. The molecule has 0 amide bonds. The first kappa shape index (κ1) is 13.6. The zero-order valence-corrected chi connectivity index (χ0v) is 13.1. The van der Waals surface area contributed by atoms with Crippen LogP contribution in [-0.2, 0) is 9.84 Å². The Morgan fingerprint density at radius 3 is 2.55 bits per heavy atom. The van der Waals surface area contributed by atoms with E-state index in [-0.39, 0.29) is 19.4 Å². The lowest BCUT2D eigenvalue weighted by molar-refractivity contribution is 0.596. The molecular formula is C13H8BrClN2O2S. The Labute approximate surface area is 128 Å². The number of H-pyrrole nitrogens is 1. The van der Waals surface area contributed by atoms with Crippen molar-refractivity contribution in [3.05, 3.63) is 52.2 Å². The van der Waals surface area contributed by atoms with Crippen LogP contribution in [-0.4, -0.2) is 18.4 Å². The standard InChI is InChI=1S/C13H8BrClN2O2S/c14-10-12(11-9(6-7-16-11)17-13(10)15)20(18,19)8-4-2-1-3-5-8/h1-7,16H. The highest BCUT2D eigenvalue weighted by Gasteiger charge is 2.26. The van der Waals surface area contributed by atoms with Crippen molar-refractivity contribution in [3.8, 4) is 0 Å². The van der Waals surface area contributed by atoms with Crippen molar-refractivity contribution in [2.24, 2.45) is 0 Å². The minimum absolute atomic E-state index is 0.101. The van der Waals surface area contributed by atoms with E-state index in [4.69, 9.17) is 11.6 Å². The lowest BCUT2D eigenvalue weighted by atomic mass is 10.4. The third-order valence-corrected chi connectivity index (χ3v) is 6.25. The lowest BCUT2D eigenvalue weighted by Gasteiger charge is -2.09. The van der Waals surface area contributed by atoms with Gasteiger partial charge >= 0.3 is 0 Å². The minimum Gasteiger partial charge on any atom is -0.359 e. The van der Waals surface area contributed by atoms with E-state index < -0.39 is 9.84 Å². The van der Waals surface area contributed by atoms with Crippen LogP contribution in [0, 0.1) is 0 Å². The Kier molecular flexibility index (Phi) is 3.32. The van der Waals surface area contributed by atoms with Crippen molar-refractivity contribution >= 4 is 48.4 Å². The summed E-state index contributed by atoms with van der Waals surface area (Å²) in [7, 11) is -3.69. The van der Waals surface area contributed by atoms with Crippen LogP contribution in [0.4, 0.5) is 0 Å². The maximum atomic E-state index is 12.8. The number of nitrogens with zero attached hydrogens (tertiary/aromatic N) is 1. The van der Waals surface area contributed by atoms with E-state index >= 15 is 0 Å². The lowest BCUT2D eigenvalue weighted by Crippen LogP contribution is -2.05. The molecule has 0 spiro atoms. The predicted molar refractivity (Wildman–Crippen MR) is 80.7 cm³/mol. The molecule has 1 aromatic carbocycles. The second kappa shape index (κ2) is 4.87. The summed E-state index contributed by atoms with van der Waals surface area (Å²) >= 11 is 9.23. The van der Waals surface area contributed by atoms with Gasteiger partial charge in [-0.3, -0.25) is 0 Å². The van der Waals surface area contributed by atoms with Gasteiger partial charge in [0.05, 0.1) is 20.4 Å². The number of benzene rings is 1. The van der Waals surface area contributed by atoms with E-state index in [1.807, 2.05) is 0 Å². The quantitative estimate of drug-likeness (QED) is 0.697. The SMILES string of the molecule is O=S(=O)(c1ccccc1)c1c(Br)c(Cl)nc2cc[nH]c12. The largest absolute Gasteiger partial charge is 0.359 e. The number of hydrogen-bond donors (Lipinski definition) is 1. The summed E-state index contributed by atoms with van der Waals surface area (Å²) in [5, 5.41) is 0.117. The number of aromatic nitrogens is 2. The molecule has 3 aromatic rings. The van der Waals surface area contributed by atoms with E-state index in [1.165, 1.54) is 0 Å². The van der Waals surface area contributed by atoms with Crippen molar-refractivity contribution in [2.75, 3.05) is 0 Å². The fourth-order valence-corrected chi connectivity index (χ4v) is 4.65. The number of sulfone groups is 1. The summed E-state index contributed by atoms with van der Waals surface area (Å²) in [5.74, 6) is 0. The van der Waals surface area contributed by atoms with Gasteiger partial charge in [0.25, 0.3) is 0 Å². The molecule has 20 heavy (non-hydrogen) atoms. The van der Waals surface area contributed by atoms with Crippen LogP contribution >= 0.6 is 27.5 Å². The molecule has 2 aromatic heterocycles. The van der Waals surface area contributed by atoms with Crippen LogP contribution in [0.25, 0.3) is 11.0 Å². The Morgan fingerprint density at radius 1 is 1.15 bits per heavy atom. The van der Waals surface area contributed by atoms with Gasteiger partial charge in [0.2, 0.25) is 9.84 Å². The Hall–Kier alpha value is -1.37. The van der Waals surface area contributed by atoms with Crippen molar-refractivity contribution < 1.29 is 8.42 Å². The smallest absolute Gasteiger partial charge is 0.209 e. The highest BCUT2D eigenvalue weighted by molar-refractivity contribution is 9.10. The first-order chi connectivity index (χ1) is 9.51. The average Bonchev–Trinajstić information content (AvgIpc) is 2.88. The molecule has 0 aliphatic heterocycles. The summed E-state index contributed by atoms with van der Waals surface area (Å²) in [6, 6.07) is 9.89. The molecule has 0 saturated heterocycles. The number of pyridine rings is 1. The molecule has 0 bridgehead atoms. The number of rotatable bonds is 2. The number of fused-ring (bicyclic) bond motifs is 1. The minimum atomic E-state index is -3.69. The molecule has 3 rings (SSSR count). The maximum absolute atomic E-state index is 12.8. The molecule has 0 unspecified atom stereocenters. The second-order valence-corrected chi connectivity index (χ2v) is 7.14. The normalized spacial score (nSPS) is 11.9. The molecule has 0 aliphatic carbocycles. The molecule has 0 saturated carbocycles. The zero-order valence-electron chi connectivity index (χ0n) is 9.97. The summed E-state index contributed by atoms with van der Waals surface area (Å²) < 4.78 is 25.8. The number of hydrogen-bond acceptors (Lipinski definition) is 3. The first-order valence-corrected chi connectivity index (χ1v) is 8.29. The van der Waals surface area contributed by atoms with Gasteiger partial charge in [-0.05, 0) is 34.1 Å². The van der Waals surface area contributed by atoms with Gasteiger partial charge in [-0.2, -0.15) is 0 Å². The van der Waals surface area contributed by atoms with Crippen LogP contribution in [0.2, 0.25) is 5.15 Å². The van der Waals surface area contributed by atoms with Crippen LogP contribution in [0.5, 0.6) is 0 Å². The second-order valence-electron chi connectivity index (χ2n) is 4.10. The van der Waals surface area contributed by atoms with Gasteiger partial charge in [-0.25, -0.2) is 13.4 Å². The average molecular weight is 372 g/mol. The third kappa shape index (κ3) is 2.04. The fourth-order valence-electron chi connectivity index (χ4n) is 1.96. The Balaban J connectivity index is 2.40. The van der Waals surface area contributed by atoms with Crippen molar-refractivity contribution in [2.45, 2.75) is 9.79 Å². The van der Waals surface area contributed by atoms with Gasteiger partial charge in [0.1, 0.15) is 10.0 Å². The van der Waals surface area contributed by atoms with E-state index in [0.717, 1.165) is 0 Å². The van der Waals surface area contributed by atoms with Crippen LogP contribution in [0.15, 0.2) is 56.9 Å². The third-order valence-electron chi connectivity index (χ3n) is 2.87. The van der Waals surface area contributed by atoms with Gasteiger partial charge in [-0.15, -0.1) is 0 Å². The van der Waals surface area contributed by atoms with E-state index in [9.17, 15) is 8.42 Å². The van der Waals surface area contributed by atoms with Crippen LogP contribution < -0.4 is 0 Å². The van der Waals surface area contributed by atoms with Gasteiger partial charge < -0.3 is 4.98 Å². The molecule has 2 heterocycles. The number of nitrogens with one attached hydrogen (secondary N) is 1. The van der Waals surface area contributed by atoms with E-state index in [0.29, 0.717) is 11.0 Å². The predicted octanol–water partition coefficient (Wildman–Crippen LogP) is 3.81. The van der Waals surface area contributed by atoms with Crippen molar-refractivity contribution in [3.63, 3.8) is 0 Å². The molecule has 0 fully saturated rings. The summed E-state index contributed by atoms with van der Waals surface area (Å²) in [6.07, 6.45) is 1.63. The van der Waals surface area contributed by atoms with Crippen molar-refractivity contribution in [1.29, 1.82) is 0 Å². The molecule has 4 nitrogen and oxygen atoms in total. The first-order valence-electron chi connectivity index (χ1n) is 5.64. The molecule has 0 aliphatic rings. The summed E-state index contributed by atoms with van der Waals surface area (Å²) in [5.41, 5.74) is 0.942. The summed E-state index contributed by atoms with van der Waals surface area (Å²) in [6.45, 7) is 0. The topological polar surface area (TPSA) is 62.8 Å². The highest BCUT2D eigenvalue weighted by atomic mass is 79.9. The van der Waals surface area contributed by atoms with Crippen LogP contribution in [0.1, 0.15) is 0 Å². The summed E-state index contributed by atoms with van der Waals surface area (Å²) in [4.78, 5) is 7.34. The van der Waals surface area contributed by atoms with E-state index in [2.05, 4.69) is 25.9 Å². The number of aromatic amines is 1.